The standard InChI is InChI=1S/C25H32F2N4O3/c1-3-30(2)25(33)19-15-31(17-7-5-4-6-8-17)12-11-21(19)28-24(32)22-14-23(34-29-22)18-10-9-16(26)13-20(18)27/h9-10,13-14,17,19,21H,3-8,11-12,15H2,1-2H3,(H,28,32)/t19-,21-/m0/s1. The van der Waals surface area contributed by atoms with Crippen LogP contribution >= 0.6 is 0 Å². The fraction of sp³-hybridized carbons (Fsp3) is 0.560. The minimum atomic E-state index is -0.800. The molecule has 2 amide bonds. The Balaban J connectivity index is 1.48. The normalized spacial score (nSPS) is 21.9. The molecule has 0 unspecified atom stereocenters. The third-order valence-corrected chi connectivity index (χ3v) is 7.16. The predicted molar refractivity (Wildman–Crippen MR) is 123 cm³/mol. The van der Waals surface area contributed by atoms with Crippen molar-refractivity contribution in [2.75, 3.05) is 26.7 Å². The highest BCUT2D eigenvalue weighted by Gasteiger charge is 2.39. The first-order chi connectivity index (χ1) is 16.4. The number of rotatable bonds is 6. The third-order valence-electron chi connectivity index (χ3n) is 7.16. The Morgan fingerprint density at radius 3 is 2.65 bits per heavy atom. The van der Waals surface area contributed by atoms with Crippen molar-refractivity contribution in [1.29, 1.82) is 0 Å². The van der Waals surface area contributed by atoms with E-state index in [0.29, 0.717) is 25.6 Å². The molecule has 2 fully saturated rings. The van der Waals surface area contributed by atoms with Gasteiger partial charge in [0.1, 0.15) is 11.6 Å². The van der Waals surface area contributed by atoms with Crippen molar-refractivity contribution < 1.29 is 22.9 Å². The van der Waals surface area contributed by atoms with Gasteiger partial charge in [0.05, 0.1) is 11.5 Å². The number of piperidine rings is 1. The Kier molecular flexibility index (Phi) is 7.60. The molecule has 2 heterocycles. The van der Waals surface area contributed by atoms with Crippen molar-refractivity contribution in [2.45, 2.75) is 57.5 Å². The Labute approximate surface area is 198 Å². The van der Waals surface area contributed by atoms with Gasteiger partial charge in [-0.1, -0.05) is 24.4 Å². The molecular formula is C25H32F2N4O3. The molecule has 1 aromatic heterocycles. The van der Waals surface area contributed by atoms with Crippen LogP contribution in [0.4, 0.5) is 8.78 Å². The molecule has 9 heteroatoms. The van der Waals surface area contributed by atoms with E-state index in [1.807, 2.05) is 6.92 Å². The molecule has 2 atom stereocenters. The second-order valence-electron chi connectivity index (χ2n) is 9.31. The number of carbonyl (C=O) groups is 2. The van der Waals surface area contributed by atoms with Crippen LogP contribution in [0.15, 0.2) is 28.8 Å². The summed E-state index contributed by atoms with van der Waals surface area (Å²) in [5.41, 5.74) is 0.00912. The van der Waals surface area contributed by atoms with Gasteiger partial charge in [0.2, 0.25) is 5.91 Å². The lowest BCUT2D eigenvalue weighted by Gasteiger charge is -2.43. The lowest BCUT2D eigenvalue weighted by molar-refractivity contribution is -0.137. The number of likely N-dealkylation sites (tertiary alicyclic amines) is 1. The maximum Gasteiger partial charge on any atom is 0.273 e. The fourth-order valence-corrected chi connectivity index (χ4v) is 5.06. The minimum Gasteiger partial charge on any atom is -0.355 e. The molecule has 2 aliphatic rings. The number of amides is 2. The van der Waals surface area contributed by atoms with Gasteiger partial charge in [0.25, 0.3) is 5.91 Å². The maximum absolute atomic E-state index is 14.1. The first-order valence-electron chi connectivity index (χ1n) is 12.1. The van der Waals surface area contributed by atoms with Gasteiger partial charge in [-0.05, 0) is 38.3 Å². The summed E-state index contributed by atoms with van der Waals surface area (Å²) in [4.78, 5) is 30.3. The summed E-state index contributed by atoms with van der Waals surface area (Å²) in [6.07, 6.45) is 6.68. The quantitative estimate of drug-likeness (QED) is 0.688. The van der Waals surface area contributed by atoms with Crippen LogP contribution in [0.1, 0.15) is 55.9 Å². The highest BCUT2D eigenvalue weighted by Crippen LogP contribution is 2.29. The number of nitrogens with zero attached hydrogens (tertiary/aromatic N) is 3. The summed E-state index contributed by atoms with van der Waals surface area (Å²) in [6, 6.07) is 4.59. The SMILES string of the molecule is CCN(C)C(=O)[C@H]1CN(C2CCCCC2)CC[C@@H]1NC(=O)c1cc(-c2ccc(F)cc2F)on1. The topological polar surface area (TPSA) is 78.7 Å². The van der Waals surface area contributed by atoms with Crippen LogP contribution in [0.5, 0.6) is 0 Å². The van der Waals surface area contributed by atoms with Gasteiger partial charge in [0, 0.05) is 50.9 Å². The fourth-order valence-electron chi connectivity index (χ4n) is 5.06. The second-order valence-corrected chi connectivity index (χ2v) is 9.31. The van der Waals surface area contributed by atoms with Crippen molar-refractivity contribution in [3.63, 3.8) is 0 Å². The molecule has 34 heavy (non-hydrogen) atoms. The first-order valence-corrected chi connectivity index (χ1v) is 12.1. The molecule has 1 saturated heterocycles. The number of hydrogen-bond donors (Lipinski definition) is 1. The maximum atomic E-state index is 14.1. The molecule has 0 bridgehead atoms. The van der Waals surface area contributed by atoms with Crippen LogP contribution in [-0.4, -0.2) is 65.5 Å². The molecule has 184 valence electrons. The molecular weight excluding hydrogens is 442 g/mol. The molecule has 1 aliphatic carbocycles. The molecule has 0 spiro atoms. The summed E-state index contributed by atoms with van der Waals surface area (Å²) >= 11 is 0. The monoisotopic (exact) mass is 474 g/mol. The number of aromatic nitrogens is 1. The molecule has 1 aromatic carbocycles. The third kappa shape index (κ3) is 5.29. The zero-order valence-electron chi connectivity index (χ0n) is 19.7. The van der Waals surface area contributed by atoms with Crippen LogP contribution in [0, 0.1) is 17.6 Å². The largest absolute Gasteiger partial charge is 0.355 e. The molecule has 4 rings (SSSR count). The van der Waals surface area contributed by atoms with E-state index in [1.54, 1.807) is 11.9 Å². The average Bonchev–Trinajstić information content (AvgIpc) is 3.34. The van der Waals surface area contributed by atoms with E-state index in [4.69, 9.17) is 4.52 Å². The minimum absolute atomic E-state index is 0.0107. The van der Waals surface area contributed by atoms with E-state index in [0.717, 1.165) is 31.5 Å². The van der Waals surface area contributed by atoms with Crippen molar-refractivity contribution >= 4 is 11.8 Å². The lowest BCUT2D eigenvalue weighted by Crippen LogP contribution is -2.58. The summed E-state index contributed by atoms with van der Waals surface area (Å²) in [7, 11) is 1.78. The van der Waals surface area contributed by atoms with Gasteiger partial charge in [-0.3, -0.25) is 14.5 Å². The highest BCUT2D eigenvalue weighted by molar-refractivity contribution is 5.94. The van der Waals surface area contributed by atoms with Gasteiger partial charge in [-0.25, -0.2) is 8.78 Å². The second kappa shape index (κ2) is 10.6. The Morgan fingerprint density at radius 2 is 1.94 bits per heavy atom. The van der Waals surface area contributed by atoms with Crippen LogP contribution in [0.25, 0.3) is 11.3 Å². The zero-order chi connectivity index (χ0) is 24.2. The van der Waals surface area contributed by atoms with Crippen molar-refractivity contribution in [2.24, 2.45) is 5.92 Å². The summed E-state index contributed by atoms with van der Waals surface area (Å²) in [5.74, 6) is -2.29. The van der Waals surface area contributed by atoms with Gasteiger partial charge in [0.15, 0.2) is 11.5 Å². The number of hydrogen-bond acceptors (Lipinski definition) is 5. The summed E-state index contributed by atoms with van der Waals surface area (Å²) in [6.45, 7) is 3.96. The van der Waals surface area contributed by atoms with E-state index in [-0.39, 0.29) is 34.9 Å². The van der Waals surface area contributed by atoms with Crippen molar-refractivity contribution in [3.8, 4) is 11.3 Å². The van der Waals surface area contributed by atoms with Crippen LogP contribution < -0.4 is 5.32 Å². The zero-order valence-corrected chi connectivity index (χ0v) is 19.7. The van der Waals surface area contributed by atoms with E-state index < -0.39 is 17.5 Å². The Morgan fingerprint density at radius 1 is 1.18 bits per heavy atom. The summed E-state index contributed by atoms with van der Waals surface area (Å²) < 4.78 is 32.4. The summed E-state index contributed by atoms with van der Waals surface area (Å²) in [5, 5.41) is 6.75. The van der Waals surface area contributed by atoms with E-state index in [2.05, 4.69) is 15.4 Å². The van der Waals surface area contributed by atoms with E-state index in [9.17, 15) is 18.4 Å². The van der Waals surface area contributed by atoms with Gasteiger partial charge < -0.3 is 14.7 Å². The molecule has 2 aromatic rings. The van der Waals surface area contributed by atoms with Gasteiger partial charge in [-0.2, -0.15) is 0 Å². The Hall–Kier alpha value is -2.81. The van der Waals surface area contributed by atoms with Crippen LogP contribution in [-0.2, 0) is 4.79 Å². The van der Waals surface area contributed by atoms with Crippen LogP contribution in [0.3, 0.4) is 0 Å². The number of carbonyl (C=O) groups excluding carboxylic acids is 2. The first kappa shape index (κ1) is 24.3. The predicted octanol–water partition coefficient (Wildman–Crippen LogP) is 3.85. The molecule has 1 aliphatic heterocycles. The van der Waals surface area contributed by atoms with Gasteiger partial charge in [-0.15, -0.1) is 0 Å². The molecule has 0 radical (unpaired) electrons. The Bertz CT molecular complexity index is 1020. The molecule has 7 nitrogen and oxygen atoms in total. The van der Waals surface area contributed by atoms with E-state index >= 15 is 0 Å². The van der Waals surface area contributed by atoms with Crippen molar-refractivity contribution in [1.82, 2.24) is 20.3 Å². The molecule has 1 saturated carbocycles. The van der Waals surface area contributed by atoms with Crippen LogP contribution in [0.2, 0.25) is 0 Å². The van der Waals surface area contributed by atoms with Gasteiger partial charge >= 0.3 is 0 Å². The highest BCUT2D eigenvalue weighted by atomic mass is 19.1. The van der Waals surface area contributed by atoms with Crippen molar-refractivity contribution in [3.05, 3.63) is 41.6 Å². The lowest BCUT2D eigenvalue weighted by atomic mass is 9.86. The molecule has 1 N–H and O–H groups in total. The van der Waals surface area contributed by atoms with E-state index in [1.165, 1.54) is 31.4 Å². The number of benzene rings is 1. The average molecular weight is 475 g/mol. The number of halogens is 2. The number of nitrogens with one attached hydrogen (secondary N) is 1. The smallest absolute Gasteiger partial charge is 0.273 e.